The maximum Gasteiger partial charge on any atom is 0.166 e. The Morgan fingerprint density at radius 1 is 1.25 bits per heavy atom. The van der Waals surface area contributed by atoms with Gasteiger partial charge in [-0.25, -0.2) is 0 Å². The highest BCUT2D eigenvalue weighted by atomic mass is 16.7. The van der Waals surface area contributed by atoms with E-state index < -0.39 is 0 Å². The summed E-state index contributed by atoms with van der Waals surface area (Å²) in [7, 11) is 3.12. The summed E-state index contributed by atoms with van der Waals surface area (Å²) in [6, 6.07) is 5.19. The standard InChI is InChI=1S/C15H20O5/c1-17-11-4-5-12(14(10-11)18-2)13(16)6-7-15-19-8-3-9-20-15/h4-5,10,15H,3,6-9H2,1-2H3. The Morgan fingerprint density at radius 3 is 2.65 bits per heavy atom. The predicted molar refractivity (Wildman–Crippen MR) is 73.4 cm³/mol. The van der Waals surface area contributed by atoms with E-state index in [1.165, 1.54) is 0 Å². The highest BCUT2D eigenvalue weighted by Gasteiger charge is 2.18. The Hall–Kier alpha value is -1.59. The van der Waals surface area contributed by atoms with Gasteiger partial charge in [-0.2, -0.15) is 0 Å². The topological polar surface area (TPSA) is 54.0 Å². The minimum absolute atomic E-state index is 0.0160. The average Bonchev–Trinajstić information content (AvgIpc) is 2.52. The van der Waals surface area contributed by atoms with Crippen molar-refractivity contribution in [3.05, 3.63) is 23.8 Å². The molecule has 0 amide bonds. The van der Waals surface area contributed by atoms with E-state index in [2.05, 4.69) is 0 Å². The van der Waals surface area contributed by atoms with Crippen LogP contribution in [0.15, 0.2) is 18.2 Å². The van der Waals surface area contributed by atoms with Crippen LogP contribution in [0.5, 0.6) is 11.5 Å². The Morgan fingerprint density at radius 2 is 2.00 bits per heavy atom. The highest BCUT2D eigenvalue weighted by Crippen LogP contribution is 2.26. The molecule has 1 aromatic rings. The predicted octanol–water partition coefficient (Wildman–Crippen LogP) is 2.43. The zero-order valence-electron chi connectivity index (χ0n) is 11.9. The van der Waals surface area contributed by atoms with Crippen molar-refractivity contribution in [2.45, 2.75) is 25.6 Å². The summed E-state index contributed by atoms with van der Waals surface area (Å²) in [5.41, 5.74) is 0.559. The summed E-state index contributed by atoms with van der Waals surface area (Å²) in [5.74, 6) is 1.21. The van der Waals surface area contributed by atoms with Gasteiger partial charge in [-0.05, 0) is 18.6 Å². The molecule has 0 unspecified atom stereocenters. The molecule has 0 bridgehead atoms. The van der Waals surface area contributed by atoms with Crippen LogP contribution in [-0.4, -0.2) is 39.5 Å². The first kappa shape index (κ1) is 14.8. The van der Waals surface area contributed by atoms with E-state index in [4.69, 9.17) is 18.9 Å². The number of rotatable bonds is 6. The summed E-state index contributed by atoms with van der Waals surface area (Å²) in [6.45, 7) is 1.40. The van der Waals surface area contributed by atoms with E-state index in [-0.39, 0.29) is 12.1 Å². The summed E-state index contributed by atoms with van der Waals surface area (Å²) in [5, 5.41) is 0. The number of ether oxygens (including phenoxy) is 4. The monoisotopic (exact) mass is 280 g/mol. The molecule has 1 fully saturated rings. The van der Waals surface area contributed by atoms with Crippen LogP contribution in [0, 0.1) is 0 Å². The van der Waals surface area contributed by atoms with Gasteiger partial charge in [-0.15, -0.1) is 0 Å². The quantitative estimate of drug-likeness (QED) is 0.749. The summed E-state index contributed by atoms with van der Waals surface area (Å²) in [4.78, 5) is 12.2. The summed E-state index contributed by atoms with van der Waals surface area (Å²) in [6.07, 6.45) is 1.58. The van der Waals surface area contributed by atoms with Gasteiger partial charge in [0.05, 0.1) is 33.0 Å². The Bertz CT molecular complexity index is 452. The molecule has 1 saturated heterocycles. The van der Waals surface area contributed by atoms with Gasteiger partial charge in [0.2, 0.25) is 0 Å². The van der Waals surface area contributed by atoms with Crippen molar-refractivity contribution in [2.24, 2.45) is 0 Å². The number of ketones is 1. The van der Waals surface area contributed by atoms with Crippen LogP contribution in [0.1, 0.15) is 29.6 Å². The molecule has 1 heterocycles. The summed E-state index contributed by atoms with van der Waals surface area (Å²) >= 11 is 0. The van der Waals surface area contributed by atoms with Gasteiger partial charge in [-0.1, -0.05) is 0 Å². The van der Waals surface area contributed by atoms with E-state index in [1.54, 1.807) is 32.4 Å². The van der Waals surface area contributed by atoms with Crippen molar-refractivity contribution in [1.82, 2.24) is 0 Å². The molecule has 0 N–H and O–H groups in total. The molecule has 0 aliphatic carbocycles. The smallest absolute Gasteiger partial charge is 0.166 e. The van der Waals surface area contributed by atoms with E-state index in [9.17, 15) is 4.79 Å². The number of hydrogen-bond donors (Lipinski definition) is 0. The van der Waals surface area contributed by atoms with Gasteiger partial charge in [0.25, 0.3) is 0 Å². The van der Waals surface area contributed by atoms with Gasteiger partial charge in [-0.3, -0.25) is 4.79 Å². The number of carbonyl (C=O) groups excluding carboxylic acids is 1. The molecule has 0 radical (unpaired) electrons. The van der Waals surface area contributed by atoms with E-state index in [0.717, 1.165) is 6.42 Å². The second-order valence-electron chi connectivity index (χ2n) is 4.55. The first-order valence-electron chi connectivity index (χ1n) is 6.73. The fourth-order valence-electron chi connectivity index (χ4n) is 2.12. The third-order valence-electron chi connectivity index (χ3n) is 3.21. The number of hydrogen-bond acceptors (Lipinski definition) is 5. The number of benzene rings is 1. The molecule has 0 aromatic heterocycles. The fourth-order valence-corrected chi connectivity index (χ4v) is 2.12. The molecule has 1 aliphatic heterocycles. The summed E-state index contributed by atoms with van der Waals surface area (Å²) < 4.78 is 21.2. The zero-order valence-corrected chi connectivity index (χ0v) is 11.9. The van der Waals surface area contributed by atoms with E-state index in [1.807, 2.05) is 0 Å². The normalized spacial score (nSPS) is 15.9. The molecule has 0 spiro atoms. The van der Waals surface area contributed by atoms with Crippen molar-refractivity contribution in [1.29, 1.82) is 0 Å². The van der Waals surface area contributed by atoms with Crippen LogP contribution in [0.25, 0.3) is 0 Å². The van der Waals surface area contributed by atoms with E-state index >= 15 is 0 Å². The lowest BCUT2D eigenvalue weighted by Crippen LogP contribution is -2.25. The lowest BCUT2D eigenvalue weighted by Gasteiger charge is -2.22. The van der Waals surface area contributed by atoms with Crippen LogP contribution in [0.2, 0.25) is 0 Å². The second-order valence-corrected chi connectivity index (χ2v) is 4.55. The highest BCUT2D eigenvalue weighted by molar-refractivity contribution is 5.98. The van der Waals surface area contributed by atoms with Crippen molar-refractivity contribution in [3.8, 4) is 11.5 Å². The van der Waals surface area contributed by atoms with Crippen molar-refractivity contribution in [2.75, 3.05) is 27.4 Å². The van der Waals surface area contributed by atoms with Crippen molar-refractivity contribution in [3.63, 3.8) is 0 Å². The lowest BCUT2D eigenvalue weighted by atomic mass is 10.0. The Labute approximate surface area is 118 Å². The first-order valence-corrected chi connectivity index (χ1v) is 6.73. The SMILES string of the molecule is COc1ccc(C(=O)CCC2OCCCO2)c(OC)c1. The number of carbonyl (C=O) groups is 1. The van der Waals surface area contributed by atoms with Crippen LogP contribution < -0.4 is 9.47 Å². The lowest BCUT2D eigenvalue weighted by molar-refractivity contribution is -0.180. The zero-order chi connectivity index (χ0) is 14.4. The van der Waals surface area contributed by atoms with Crippen molar-refractivity contribution >= 4 is 5.78 Å². The fraction of sp³-hybridized carbons (Fsp3) is 0.533. The maximum atomic E-state index is 12.2. The molecule has 5 heteroatoms. The van der Waals surface area contributed by atoms with Gasteiger partial charge in [0, 0.05) is 18.9 Å². The molecular formula is C15H20O5. The van der Waals surface area contributed by atoms with Gasteiger partial charge >= 0.3 is 0 Å². The third-order valence-corrected chi connectivity index (χ3v) is 3.21. The second kappa shape index (κ2) is 7.26. The Balaban J connectivity index is 1.97. The molecule has 1 aromatic carbocycles. The van der Waals surface area contributed by atoms with Crippen LogP contribution in [-0.2, 0) is 9.47 Å². The minimum atomic E-state index is -0.267. The number of methoxy groups -OCH3 is 2. The molecule has 0 saturated carbocycles. The van der Waals surface area contributed by atoms with Gasteiger partial charge in [0.15, 0.2) is 12.1 Å². The van der Waals surface area contributed by atoms with Gasteiger partial charge in [0.1, 0.15) is 11.5 Å². The van der Waals surface area contributed by atoms with Crippen molar-refractivity contribution < 1.29 is 23.7 Å². The molecule has 2 rings (SSSR count). The average molecular weight is 280 g/mol. The van der Waals surface area contributed by atoms with Crippen LogP contribution in [0.4, 0.5) is 0 Å². The Kier molecular flexibility index (Phi) is 5.38. The largest absolute Gasteiger partial charge is 0.497 e. The van der Waals surface area contributed by atoms with E-state index in [0.29, 0.717) is 43.1 Å². The molecule has 1 aliphatic rings. The number of Topliss-reactive ketones (excluding diaryl/α,β-unsaturated/α-hetero) is 1. The molecule has 20 heavy (non-hydrogen) atoms. The molecule has 5 nitrogen and oxygen atoms in total. The third kappa shape index (κ3) is 3.71. The first-order chi connectivity index (χ1) is 9.74. The molecule has 110 valence electrons. The molecule has 0 atom stereocenters. The van der Waals surface area contributed by atoms with Gasteiger partial charge < -0.3 is 18.9 Å². The maximum absolute atomic E-state index is 12.2. The van der Waals surface area contributed by atoms with Crippen LogP contribution >= 0.6 is 0 Å². The minimum Gasteiger partial charge on any atom is -0.497 e. The molecular weight excluding hydrogens is 260 g/mol. The van der Waals surface area contributed by atoms with Crippen LogP contribution in [0.3, 0.4) is 0 Å².